The largest absolute Gasteiger partial charge is 0.356 e. The van der Waals surface area contributed by atoms with Gasteiger partial charge in [-0.1, -0.05) is 13.8 Å². The number of aromatic nitrogens is 4. The van der Waals surface area contributed by atoms with Crippen LogP contribution in [-0.4, -0.2) is 51.2 Å². The quantitative estimate of drug-likeness (QED) is 0.857. The molecular weight excluding hydrogens is 300 g/mol. The summed E-state index contributed by atoms with van der Waals surface area (Å²) in [4.78, 5) is 13.8. The van der Waals surface area contributed by atoms with Crippen LogP contribution in [0, 0.1) is 11.8 Å². The summed E-state index contributed by atoms with van der Waals surface area (Å²) < 4.78 is 0. The van der Waals surface area contributed by atoms with Crippen LogP contribution in [0.25, 0.3) is 0 Å². The number of anilines is 1. The van der Waals surface area contributed by atoms with Crippen LogP contribution < -0.4 is 4.90 Å². The predicted molar refractivity (Wildman–Crippen MR) is 92.6 cm³/mol. The van der Waals surface area contributed by atoms with Crippen molar-refractivity contribution in [2.45, 2.75) is 26.3 Å². The molecule has 6 heteroatoms. The molecule has 2 atom stereocenters. The zero-order valence-corrected chi connectivity index (χ0v) is 14.3. The van der Waals surface area contributed by atoms with Crippen LogP contribution >= 0.6 is 0 Å². The zero-order chi connectivity index (χ0) is 16.5. The minimum absolute atomic E-state index is 0.441. The van der Waals surface area contributed by atoms with E-state index in [1.807, 2.05) is 6.07 Å². The fourth-order valence-electron chi connectivity index (χ4n) is 3.90. The Morgan fingerprint density at radius 2 is 1.92 bits per heavy atom. The second-order valence-electron chi connectivity index (χ2n) is 7.29. The van der Waals surface area contributed by atoms with Crippen molar-refractivity contribution >= 4 is 5.82 Å². The first-order valence-electron chi connectivity index (χ1n) is 8.75. The minimum Gasteiger partial charge on any atom is -0.356 e. The number of hydrogen-bond acceptors (Lipinski definition) is 6. The maximum Gasteiger partial charge on any atom is 0.132 e. The summed E-state index contributed by atoms with van der Waals surface area (Å²) in [5, 5.41) is 8.18. The third kappa shape index (κ3) is 3.11. The van der Waals surface area contributed by atoms with Crippen molar-refractivity contribution in [1.82, 2.24) is 25.1 Å². The Kier molecular flexibility index (Phi) is 4.14. The Bertz CT molecular complexity index is 675. The van der Waals surface area contributed by atoms with Crippen molar-refractivity contribution in [3.05, 3.63) is 42.1 Å². The predicted octanol–water partition coefficient (Wildman–Crippen LogP) is 1.96. The van der Waals surface area contributed by atoms with Crippen LogP contribution in [0.4, 0.5) is 5.82 Å². The molecule has 0 aliphatic carbocycles. The highest BCUT2D eigenvalue weighted by Crippen LogP contribution is 2.34. The highest BCUT2D eigenvalue weighted by molar-refractivity contribution is 5.41. The van der Waals surface area contributed by atoms with E-state index < -0.39 is 0 Å². The fraction of sp³-hybridized carbons (Fsp3) is 0.556. The number of rotatable bonds is 4. The molecule has 0 saturated carbocycles. The number of hydrogen-bond donors (Lipinski definition) is 0. The molecule has 2 aliphatic rings. The van der Waals surface area contributed by atoms with Crippen molar-refractivity contribution in [3.8, 4) is 0 Å². The van der Waals surface area contributed by atoms with Gasteiger partial charge in [-0.05, 0) is 29.9 Å². The van der Waals surface area contributed by atoms with E-state index in [-0.39, 0.29) is 0 Å². The normalized spacial score (nSPS) is 23.9. The van der Waals surface area contributed by atoms with Gasteiger partial charge in [0, 0.05) is 50.7 Å². The number of fused-ring (bicyclic) bond motifs is 1. The molecule has 0 spiro atoms. The average Bonchev–Trinajstić information content (AvgIpc) is 3.14. The molecule has 0 N–H and O–H groups in total. The summed E-state index contributed by atoms with van der Waals surface area (Å²) in [7, 11) is 0. The van der Waals surface area contributed by atoms with Crippen molar-refractivity contribution < 1.29 is 0 Å². The van der Waals surface area contributed by atoms with E-state index >= 15 is 0 Å². The van der Waals surface area contributed by atoms with Gasteiger partial charge in [0.05, 0.1) is 5.69 Å². The van der Waals surface area contributed by atoms with Crippen molar-refractivity contribution in [2.24, 2.45) is 11.8 Å². The van der Waals surface area contributed by atoms with E-state index in [0.29, 0.717) is 5.92 Å². The molecule has 4 heterocycles. The third-order valence-corrected chi connectivity index (χ3v) is 5.16. The Hall–Kier alpha value is -2.08. The van der Waals surface area contributed by atoms with E-state index in [2.05, 4.69) is 55.9 Å². The van der Waals surface area contributed by atoms with Gasteiger partial charge >= 0.3 is 0 Å². The molecule has 2 unspecified atom stereocenters. The van der Waals surface area contributed by atoms with Gasteiger partial charge in [-0.3, -0.25) is 4.90 Å². The van der Waals surface area contributed by atoms with E-state index in [1.165, 1.54) is 0 Å². The van der Waals surface area contributed by atoms with E-state index in [1.54, 1.807) is 12.5 Å². The lowest BCUT2D eigenvalue weighted by molar-refractivity contribution is 0.304. The van der Waals surface area contributed by atoms with E-state index in [9.17, 15) is 0 Å². The van der Waals surface area contributed by atoms with Crippen molar-refractivity contribution in [3.63, 3.8) is 0 Å². The first kappa shape index (κ1) is 15.4. The average molecular weight is 324 g/mol. The first-order valence-corrected chi connectivity index (χ1v) is 8.75. The first-order chi connectivity index (χ1) is 11.7. The molecule has 0 radical (unpaired) electrons. The Labute approximate surface area is 142 Å². The summed E-state index contributed by atoms with van der Waals surface area (Å²) in [5.41, 5.74) is 2.19. The van der Waals surface area contributed by atoms with Crippen LogP contribution in [0.3, 0.4) is 0 Å². The van der Waals surface area contributed by atoms with Crippen LogP contribution in [0.1, 0.15) is 31.2 Å². The molecule has 0 aromatic carbocycles. The standard InChI is InChI=1S/C18H24N6/c1-13(2)17-6-18(20-12-19-17)24-9-14-7-23(8-15(14)10-24)11-16-4-3-5-21-22-16/h3-6,12-15H,7-11H2,1-2H3. The van der Waals surface area contributed by atoms with Crippen LogP contribution in [0.2, 0.25) is 0 Å². The number of nitrogens with zero attached hydrogens (tertiary/aromatic N) is 6. The van der Waals surface area contributed by atoms with Crippen LogP contribution in [-0.2, 0) is 6.54 Å². The van der Waals surface area contributed by atoms with Gasteiger partial charge in [0.25, 0.3) is 0 Å². The molecule has 4 rings (SSSR count). The van der Waals surface area contributed by atoms with Crippen molar-refractivity contribution in [2.75, 3.05) is 31.1 Å². The van der Waals surface area contributed by atoms with E-state index in [0.717, 1.165) is 61.8 Å². The summed E-state index contributed by atoms with van der Waals surface area (Å²) in [6.07, 6.45) is 3.44. The molecule has 0 amide bonds. The Balaban J connectivity index is 1.38. The zero-order valence-electron chi connectivity index (χ0n) is 14.3. The molecule has 2 aromatic rings. The second kappa shape index (κ2) is 6.43. The minimum atomic E-state index is 0.441. The highest BCUT2D eigenvalue weighted by atomic mass is 15.3. The fourth-order valence-corrected chi connectivity index (χ4v) is 3.90. The molecule has 0 bridgehead atoms. The van der Waals surface area contributed by atoms with Gasteiger partial charge in [0.2, 0.25) is 0 Å². The smallest absolute Gasteiger partial charge is 0.132 e. The molecule has 126 valence electrons. The van der Waals surface area contributed by atoms with E-state index in [4.69, 9.17) is 0 Å². The van der Waals surface area contributed by atoms with Crippen molar-refractivity contribution in [1.29, 1.82) is 0 Å². The van der Waals surface area contributed by atoms with Crippen LogP contribution in [0.15, 0.2) is 30.7 Å². The number of likely N-dealkylation sites (tertiary alicyclic amines) is 1. The van der Waals surface area contributed by atoms with Gasteiger partial charge in [-0.25, -0.2) is 9.97 Å². The van der Waals surface area contributed by atoms with Gasteiger partial charge in [0.1, 0.15) is 12.1 Å². The topological polar surface area (TPSA) is 58.0 Å². The molecule has 6 nitrogen and oxygen atoms in total. The van der Waals surface area contributed by atoms with Gasteiger partial charge in [0.15, 0.2) is 0 Å². The summed E-state index contributed by atoms with van der Waals surface area (Å²) in [6.45, 7) is 9.72. The van der Waals surface area contributed by atoms with Crippen LogP contribution in [0.5, 0.6) is 0 Å². The molecule has 2 saturated heterocycles. The summed E-state index contributed by atoms with van der Waals surface area (Å²) >= 11 is 0. The highest BCUT2D eigenvalue weighted by Gasteiger charge is 2.40. The molecular formula is C18H24N6. The molecule has 24 heavy (non-hydrogen) atoms. The van der Waals surface area contributed by atoms with Gasteiger partial charge in [-0.2, -0.15) is 10.2 Å². The SMILES string of the molecule is CC(C)c1cc(N2CC3CN(Cc4cccnn4)CC3C2)ncn1. The molecule has 2 aromatic heterocycles. The van der Waals surface area contributed by atoms with Gasteiger partial charge in [-0.15, -0.1) is 0 Å². The maximum absolute atomic E-state index is 4.50. The third-order valence-electron chi connectivity index (χ3n) is 5.16. The Morgan fingerprint density at radius 1 is 1.12 bits per heavy atom. The maximum atomic E-state index is 4.50. The molecule has 2 fully saturated rings. The lowest BCUT2D eigenvalue weighted by Gasteiger charge is -2.22. The monoisotopic (exact) mass is 324 g/mol. The lowest BCUT2D eigenvalue weighted by Crippen LogP contribution is -2.29. The second-order valence-corrected chi connectivity index (χ2v) is 7.29. The Morgan fingerprint density at radius 3 is 2.58 bits per heavy atom. The summed E-state index contributed by atoms with van der Waals surface area (Å²) in [5.74, 6) is 2.97. The lowest BCUT2D eigenvalue weighted by atomic mass is 10.0. The molecule has 2 aliphatic heterocycles. The van der Waals surface area contributed by atoms with Gasteiger partial charge < -0.3 is 4.90 Å². The summed E-state index contributed by atoms with van der Waals surface area (Å²) in [6, 6.07) is 6.17.